The predicted molar refractivity (Wildman–Crippen MR) is 77.7 cm³/mol. The smallest absolute Gasteiger partial charge is 0.342 e. The normalized spacial score (nSPS) is 16.0. The average Bonchev–Trinajstić information content (AvgIpc) is 2.47. The SMILES string of the molecule is CCCC1CCN(c2cc(C(=O)O)c([N+](=O)[O-])cn2)CC1. The molecular formula is C14H19N3O4. The van der Waals surface area contributed by atoms with Crippen molar-refractivity contribution in [1.82, 2.24) is 4.98 Å². The standard InChI is InChI=1S/C14H19N3O4/c1-2-3-10-4-6-16(7-5-10)13-8-11(14(18)19)12(9-15-13)17(20)21/h8-10H,2-7H2,1H3,(H,18,19). The molecule has 1 N–H and O–H groups in total. The second-order valence-corrected chi connectivity index (χ2v) is 5.34. The van der Waals surface area contributed by atoms with Gasteiger partial charge >= 0.3 is 11.7 Å². The zero-order valence-electron chi connectivity index (χ0n) is 12.0. The Balaban J connectivity index is 2.16. The molecule has 1 aliphatic rings. The van der Waals surface area contributed by atoms with Crippen LogP contribution >= 0.6 is 0 Å². The van der Waals surface area contributed by atoms with Crippen LogP contribution in [0, 0.1) is 16.0 Å². The van der Waals surface area contributed by atoms with E-state index in [0.29, 0.717) is 11.7 Å². The number of anilines is 1. The lowest BCUT2D eigenvalue weighted by atomic mass is 9.92. The Kier molecular flexibility index (Phi) is 4.72. The van der Waals surface area contributed by atoms with E-state index in [0.717, 1.165) is 32.1 Å². The second kappa shape index (κ2) is 6.51. The Morgan fingerprint density at radius 3 is 2.71 bits per heavy atom. The Morgan fingerprint density at radius 2 is 2.19 bits per heavy atom. The van der Waals surface area contributed by atoms with Crippen LogP contribution in [0.15, 0.2) is 12.3 Å². The van der Waals surface area contributed by atoms with Crippen molar-refractivity contribution in [2.75, 3.05) is 18.0 Å². The van der Waals surface area contributed by atoms with Gasteiger partial charge in [0.2, 0.25) is 0 Å². The van der Waals surface area contributed by atoms with Crippen molar-refractivity contribution < 1.29 is 14.8 Å². The van der Waals surface area contributed by atoms with Crippen LogP contribution < -0.4 is 4.90 Å². The van der Waals surface area contributed by atoms with Gasteiger partial charge in [-0.2, -0.15) is 0 Å². The first-order chi connectivity index (χ1) is 10.0. The molecule has 1 aromatic heterocycles. The quantitative estimate of drug-likeness (QED) is 0.662. The number of aromatic nitrogens is 1. The minimum Gasteiger partial charge on any atom is -0.477 e. The van der Waals surface area contributed by atoms with E-state index in [1.807, 2.05) is 4.90 Å². The van der Waals surface area contributed by atoms with E-state index >= 15 is 0 Å². The number of nitrogens with zero attached hydrogens (tertiary/aromatic N) is 3. The summed E-state index contributed by atoms with van der Waals surface area (Å²) in [6.45, 7) is 3.80. The van der Waals surface area contributed by atoms with Crippen LogP contribution in [0.4, 0.5) is 11.5 Å². The van der Waals surface area contributed by atoms with Gasteiger partial charge in [-0.1, -0.05) is 19.8 Å². The lowest BCUT2D eigenvalue weighted by Gasteiger charge is -2.32. The molecule has 1 aromatic rings. The van der Waals surface area contributed by atoms with E-state index in [1.165, 1.54) is 18.9 Å². The lowest BCUT2D eigenvalue weighted by molar-refractivity contribution is -0.385. The molecule has 114 valence electrons. The van der Waals surface area contributed by atoms with Crippen LogP contribution in [0.2, 0.25) is 0 Å². The third-order valence-corrected chi connectivity index (χ3v) is 3.93. The first-order valence-electron chi connectivity index (χ1n) is 7.15. The molecule has 1 fully saturated rings. The summed E-state index contributed by atoms with van der Waals surface area (Å²) in [5.41, 5.74) is -0.771. The van der Waals surface area contributed by atoms with Gasteiger partial charge in [-0.3, -0.25) is 10.1 Å². The van der Waals surface area contributed by atoms with Crippen LogP contribution in [0.1, 0.15) is 43.0 Å². The van der Waals surface area contributed by atoms with Crippen LogP contribution in [0.25, 0.3) is 0 Å². The molecule has 0 saturated carbocycles. The van der Waals surface area contributed by atoms with E-state index in [9.17, 15) is 14.9 Å². The van der Waals surface area contributed by atoms with Gasteiger partial charge in [-0.25, -0.2) is 9.78 Å². The molecule has 0 bridgehead atoms. The number of carbonyl (C=O) groups is 1. The molecule has 0 radical (unpaired) electrons. The van der Waals surface area contributed by atoms with Gasteiger partial charge in [-0.05, 0) is 18.8 Å². The fraction of sp³-hybridized carbons (Fsp3) is 0.571. The van der Waals surface area contributed by atoms with Crippen LogP contribution in [-0.4, -0.2) is 34.1 Å². The van der Waals surface area contributed by atoms with Crippen LogP contribution in [0.5, 0.6) is 0 Å². The third kappa shape index (κ3) is 3.48. The average molecular weight is 293 g/mol. The van der Waals surface area contributed by atoms with Crippen molar-refractivity contribution in [3.63, 3.8) is 0 Å². The molecule has 7 heteroatoms. The molecule has 0 amide bonds. The summed E-state index contributed by atoms with van der Waals surface area (Å²) in [5, 5.41) is 19.9. The van der Waals surface area contributed by atoms with Gasteiger partial charge in [0.25, 0.3) is 0 Å². The second-order valence-electron chi connectivity index (χ2n) is 5.34. The van der Waals surface area contributed by atoms with Crippen molar-refractivity contribution in [3.05, 3.63) is 27.9 Å². The van der Waals surface area contributed by atoms with Crippen LogP contribution in [-0.2, 0) is 0 Å². The maximum atomic E-state index is 11.1. The van der Waals surface area contributed by atoms with Crippen LogP contribution in [0.3, 0.4) is 0 Å². The highest BCUT2D eigenvalue weighted by Crippen LogP contribution is 2.27. The molecule has 1 saturated heterocycles. The van der Waals surface area contributed by atoms with Crippen molar-refractivity contribution in [3.8, 4) is 0 Å². The lowest BCUT2D eigenvalue weighted by Crippen LogP contribution is -2.34. The summed E-state index contributed by atoms with van der Waals surface area (Å²) in [5.74, 6) is -0.0811. The van der Waals surface area contributed by atoms with E-state index in [-0.39, 0.29) is 5.56 Å². The first-order valence-corrected chi connectivity index (χ1v) is 7.15. The summed E-state index contributed by atoms with van der Waals surface area (Å²) >= 11 is 0. The molecular weight excluding hydrogens is 274 g/mol. The summed E-state index contributed by atoms with van der Waals surface area (Å²) < 4.78 is 0. The van der Waals surface area contributed by atoms with E-state index in [4.69, 9.17) is 5.11 Å². The molecule has 1 aliphatic heterocycles. The number of pyridine rings is 1. The topological polar surface area (TPSA) is 96.6 Å². The summed E-state index contributed by atoms with van der Waals surface area (Å²) in [7, 11) is 0. The number of carboxylic acid groups (broad SMARTS) is 1. The van der Waals surface area contributed by atoms with E-state index in [1.54, 1.807) is 0 Å². The molecule has 0 atom stereocenters. The Bertz CT molecular complexity index is 539. The van der Waals surface area contributed by atoms with Gasteiger partial charge in [0.15, 0.2) is 0 Å². The largest absolute Gasteiger partial charge is 0.477 e. The molecule has 0 spiro atoms. The van der Waals surface area contributed by atoms with E-state index < -0.39 is 16.6 Å². The third-order valence-electron chi connectivity index (χ3n) is 3.93. The number of piperidine rings is 1. The number of aromatic carboxylic acids is 1. The van der Waals surface area contributed by atoms with Gasteiger partial charge in [0.1, 0.15) is 17.6 Å². The van der Waals surface area contributed by atoms with Gasteiger partial charge in [-0.15, -0.1) is 0 Å². The van der Waals surface area contributed by atoms with Crippen molar-refractivity contribution in [2.24, 2.45) is 5.92 Å². The van der Waals surface area contributed by atoms with Gasteiger partial charge < -0.3 is 10.0 Å². The molecule has 2 rings (SSSR count). The molecule has 0 unspecified atom stereocenters. The number of hydrogen-bond donors (Lipinski definition) is 1. The number of nitro groups is 1. The molecule has 0 aliphatic carbocycles. The highest BCUT2D eigenvalue weighted by Gasteiger charge is 2.25. The maximum Gasteiger partial charge on any atom is 0.342 e. The number of carboxylic acids is 1. The zero-order chi connectivity index (χ0) is 15.4. The van der Waals surface area contributed by atoms with Crippen molar-refractivity contribution >= 4 is 17.5 Å². The fourth-order valence-corrected chi connectivity index (χ4v) is 2.79. The maximum absolute atomic E-state index is 11.1. The molecule has 2 heterocycles. The summed E-state index contributed by atoms with van der Waals surface area (Å²) in [6.07, 6.45) is 5.52. The fourth-order valence-electron chi connectivity index (χ4n) is 2.79. The zero-order valence-corrected chi connectivity index (χ0v) is 12.0. The predicted octanol–water partition coefficient (Wildman–Crippen LogP) is 2.70. The van der Waals surface area contributed by atoms with Crippen molar-refractivity contribution in [2.45, 2.75) is 32.6 Å². The minimum atomic E-state index is -1.30. The summed E-state index contributed by atoms with van der Waals surface area (Å²) in [6, 6.07) is 1.31. The van der Waals surface area contributed by atoms with Gasteiger partial charge in [0, 0.05) is 19.2 Å². The minimum absolute atomic E-state index is 0.305. The molecule has 0 aromatic carbocycles. The summed E-state index contributed by atoms with van der Waals surface area (Å²) in [4.78, 5) is 27.3. The highest BCUT2D eigenvalue weighted by molar-refractivity contribution is 5.93. The number of hydrogen-bond acceptors (Lipinski definition) is 5. The van der Waals surface area contributed by atoms with Gasteiger partial charge in [0.05, 0.1) is 4.92 Å². The van der Waals surface area contributed by atoms with Crippen molar-refractivity contribution in [1.29, 1.82) is 0 Å². The Labute approximate surface area is 122 Å². The molecule has 7 nitrogen and oxygen atoms in total. The molecule has 21 heavy (non-hydrogen) atoms. The monoisotopic (exact) mass is 293 g/mol. The van der Waals surface area contributed by atoms with E-state index in [2.05, 4.69) is 11.9 Å². The Hall–Kier alpha value is -2.18. The first kappa shape index (κ1) is 15.2. The Morgan fingerprint density at radius 1 is 1.52 bits per heavy atom. The number of rotatable bonds is 5. The highest BCUT2D eigenvalue weighted by atomic mass is 16.6.